The molecule has 1 heteroatoms. The SMILES string of the molecule is CC.Cc1ccc(C(C)C)c2cnccc12. The van der Waals surface area contributed by atoms with Gasteiger partial charge in [-0.3, -0.25) is 4.98 Å². The molecule has 0 saturated heterocycles. The number of nitrogens with zero attached hydrogens (tertiary/aromatic N) is 1. The summed E-state index contributed by atoms with van der Waals surface area (Å²) in [6.45, 7) is 10.6. The predicted octanol–water partition coefficient (Wildman–Crippen LogP) is 4.69. The third-order valence-corrected chi connectivity index (χ3v) is 2.69. The van der Waals surface area contributed by atoms with Crippen molar-refractivity contribution in [2.75, 3.05) is 0 Å². The van der Waals surface area contributed by atoms with E-state index in [-0.39, 0.29) is 0 Å². The molecule has 1 aromatic carbocycles. The molecule has 0 unspecified atom stereocenters. The molecule has 0 N–H and O–H groups in total. The van der Waals surface area contributed by atoms with E-state index in [1.54, 1.807) is 0 Å². The van der Waals surface area contributed by atoms with Crippen LogP contribution in [-0.4, -0.2) is 4.98 Å². The molecule has 1 aromatic heterocycles. The van der Waals surface area contributed by atoms with E-state index in [0.29, 0.717) is 5.92 Å². The molecule has 0 atom stereocenters. The van der Waals surface area contributed by atoms with Gasteiger partial charge in [0.2, 0.25) is 0 Å². The zero-order valence-electron chi connectivity index (χ0n) is 10.9. The lowest BCUT2D eigenvalue weighted by Gasteiger charge is -2.10. The molecule has 86 valence electrons. The van der Waals surface area contributed by atoms with Gasteiger partial charge in [-0.05, 0) is 35.4 Å². The van der Waals surface area contributed by atoms with Crippen molar-refractivity contribution in [2.45, 2.75) is 40.5 Å². The number of rotatable bonds is 1. The predicted molar refractivity (Wildman–Crippen MR) is 71.9 cm³/mol. The van der Waals surface area contributed by atoms with Gasteiger partial charge in [0.15, 0.2) is 0 Å². The van der Waals surface area contributed by atoms with E-state index < -0.39 is 0 Å². The Hall–Kier alpha value is -1.37. The molecular weight excluding hydrogens is 194 g/mol. The van der Waals surface area contributed by atoms with Crippen LogP contribution in [0.4, 0.5) is 0 Å². The largest absolute Gasteiger partial charge is 0.264 e. The summed E-state index contributed by atoms with van der Waals surface area (Å²) in [5, 5.41) is 2.62. The van der Waals surface area contributed by atoms with Crippen molar-refractivity contribution in [3.05, 3.63) is 41.7 Å². The Morgan fingerprint density at radius 3 is 2.31 bits per heavy atom. The second-order valence-corrected chi connectivity index (χ2v) is 4.05. The van der Waals surface area contributed by atoms with Crippen LogP contribution in [-0.2, 0) is 0 Å². The van der Waals surface area contributed by atoms with Crippen molar-refractivity contribution in [1.29, 1.82) is 0 Å². The van der Waals surface area contributed by atoms with Crippen LogP contribution >= 0.6 is 0 Å². The Labute approximate surface area is 98.5 Å². The van der Waals surface area contributed by atoms with E-state index in [4.69, 9.17) is 0 Å². The van der Waals surface area contributed by atoms with Crippen LogP contribution in [0.25, 0.3) is 10.8 Å². The van der Waals surface area contributed by atoms with Gasteiger partial charge in [0.05, 0.1) is 0 Å². The van der Waals surface area contributed by atoms with Gasteiger partial charge in [0, 0.05) is 17.8 Å². The fourth-order valence-electron chi connectivity index (χ4n) is 1.87. The molecule has 0 radical (unpaired) electrons. The van der Waals surface area contributed by atoms with Gasteiger partial charge in [-0.15, -0.1) is 0 Å². The summed E-state index contributed by atoms with van der Waals surface area (Å²) in [6, 6.07) is 6.50. The van der Waals surface area contributed by atoms with E-state index in [1.165, 1.54) is 21.9 Å². The Morgan fingerprint density at radius 1 is 1.00 bits per heavy atom. The minimum absolute atomic E-state index is 0.558. The molecule has 0 aliphatic carbocycles. The molecule has 0 fully saturated rings. The van der Waals surface area contributed by atoms with Gasteiger partial charge in [-0.2, -0.15) is 0 Å². The third-order valence-electron chi connectivity index (χ3n) is 2.69. The van der Waals surface area contributed by atoms with E-state index >= 15 is 0 Å². The molecular formula is C15H21N. The fraction of sp³-hybridized carbons (Fsp3) is 0.400. The quantitative estimate of drug-likeness (QED) is 0.672. The van der Waals surface area contributed by atoms with Crippen molar-refractivity contribution < 1.29 is 0 Å². The Balaban J connectivity index is 0.000000606. The highest BCUT2D eigenvalue weighted by Crippen LogP contribution is 2.26. The molecule has 2 aromatic rings. The van der Waals surface area contributed by atoms with Crippen LogP contribution < -0.4 is 0 Å². The topological polar surface area (TPSA) is 12.9 Å². The highest BCUT2D eigenvalue weighted by Gasteiger charge is 2.05. The minimum Gasteiger partial charge on any atom is -0.264 e. The monoisotopic (exact) mass is 215 g/mol. The van der Waals surface area contributed by atoms with Crippen LogP contribution in [0.5, 0.6) is 0 Å². The number of pyridine rings is 1. The van der Waals surface area contributed by atoms with Crippen molar-refractivity contribution in [3.63, 3.8) is 0 Å². The maximum Gasteiger partial charge on any atom is 0.0349 e. The second-order valence-electron chi connectivity index (χ2n) is 4.05. The number of hydrogen-bond donors (Lipinski definition) is 0. The summed E-state index contributed by atoms with van der Waals surface area (Å²) < 4.78 is 0. The van der Waals surface area contributed by atoms with Gasteiger partial charge in [0.25, 0.3) is 0 Å². The molecule has 0 spiro atoms. The van der Waals surface area contributed by atoms with Gasteiger partial charge in [-0.25, -0.2) is 0 Å². The first kappa shape index (κ1) is 12.7. The number of benzene rings is 1. The zero-order chi connectivity index (χ0) is 12.1. The average Bonchev–Trinajstić information content (AvgIpc) is 2.32. The van der Waals surface area contributed by atoms with Crippen LogP contribution in [0.2, 0.25) is 0 Å². The van der Waals surface area contributed by atoms with E-state index in [9.17, 15) is 0 Å². The van der Waals surface area contributed by atoms with Gasteiger partial charge in [0.1, 0.15) is 0 Å². The second kappa shape index (κ2) is 5.64. The first-order chi connectivity index (χ1) is 7.70. The molecule has 16 heavy (non-hydrogen) atoms. The lowest BCUT2D eigenvalue weighted by Crippen LogP contribution is -1.91. The number of hydrogen-bond acceptors (Lipinski definition) is 1. The lowest BCUT2D eigenvalue weighted by molar-refractivity contribution is 0.875. The highest BCUT2D eigenvalue weighted by atomic mass is 14.6. The van der Waals surface area contributed by atoms with Crippen molar-refractivity contribution in [3.8, 4) is 0 Å². The van der Waals surface area contributed by atoms with Crippen molar-refractivity contribution in [1.82, 2.24) is 4.98 Å². The smallest absolute Gasteiger partial charge is 0.0349 e. The summed E-state index contributed by atoms with van der Waals surface area (Å²) in [5.41, 5.74) is 2.71. The highest BCUT2D eigenvalue weighted by molar-refractivity contribution is 5.88. The van der Waals surface area contributed by atoms with Crippen LogP contribution in [0, 0.1) is 6.92 Å². The number of aromatic nitrogens is 1. The molecule has 2 rings (SSSR count). The fourth-order valence-corrected chi connectivity index (χ4v) is 1.87. The maximum atomic E-state index is 4.20. The zero-order valence-corrected chi connectivity index (χ0v) is 10.9. The molecule has 0 amide bonds. The Bertz CT molecular complexity index is 458. The van der Waals surface area contributed by atoms with Gasteiger partial charge in [-0.1, -0.05) is 39.8 Å². The molecule has 0 bridgehead atoms. The van der Waals surface area contributed by atoms with Crippen molar-refractivity contribution >= 4 is 10.8 Å². The summed E-state index contributed by atoms with van der Waals surface area (Å²) in [7, 11) is 0. The molecule has 0 aliphatic heterocycles. The standard InChI is InChI=1S/C13H15N.C2H6/c1-9(2)11-5-4-10(3)12-6-7-14-8-13(11)12;1-2/h4-9H,1-3H3;1-2H3. The van der Waals surface area contributed by atoms with E-state index in [0.717, 1.165) is 0 Å². The molecule has 1 heterocycles. The minimum atomic E-state index is 0.558. The van der Waals surface area contributed by atoms with Crippen LogP contribution in [0.15, 0.2) is 30.6 Å². The maximum absolute atomic E-state index is 4.20. The summed E-state index contributed by atoms with van der Waals surface area (Å²) in [4.78, 5) is 4.20. The first-order valence-electron chi connectivity index (χ1n) is 6.03. The molecule has 1 nitrogen and oxygen atoms in total. The Morgan fingerprint density at radius 2 is 1.69 bits per heavy atom. The molecule has 0 aliphatic rings. The van der Waals surface area contributed by atoms with Gasteiger partial charge >= 0.3 is 0 Å². The van der Waals surface area contributed by atoms with E-state index in [1.807, 2.05) is 26.2 Å². The summed E-state index contributed by atoms with van der Waals surface area (Å²) in [5.74, 6) is 0.558. The average molecular weight is 215 g/mol. The normalized spacial score (nSPS) is 10.1. The van der Waals surface area contributed by atoms with Gasteiger partial charge < -0.3 is 0 Å². The summed E-state index contributed by atoms with van der Waals surface area (Å²) >= 11 is 0. The summed E-state index contributed by atoms with van der Waals surface area (Å²) in [6.07, 6.45) is 3.83. The molecule has 0 saturated carbocycles. The van der Waals surface area contributed by atoms with Crippen molar-refractivity contribution in [2.24, 2.45) is 0 Å². The number of fused-ring (bicyclic) bond motifs is 1. The van der Waals surface area contributed by atoms with Crippen LogP contribution in [0.1, 0.15) is 44.7 Å². The van der Waals surface area contributed by atoms with Crippen LogP contribution in [0.3, 0.4) is 0 Å². The first-order valence-corrected chi connectivity index (χ1v) is 6.03. The van der Waals surface area contributed by atoms with E-state index in [2.05, 4.69) is 44.0 Å². The third kappa shape index (κ3) is 2.41. The lowest BCUT2D eigenvalue weighted by atomic mass is 9.95. The Kier molecular flexibility index (Phi) is 4.48. The number of aryl methyl sites for hydroxylation is 1.